The normalized spacial score (nSPS) is 16.6. The molecule has 8 heteroatoms. The first-order valence-corrected chi connectivity index (χ1v) is 9.98. The average molecular weight is 412 g/mol. The third kappa shape index (κ3) is 5.31. The van der Waals surface area contributed by atoms with Crippen LogP contribution in [-0.2, 0) is 14.6 Å². The molecule has 2 aromatic carbocycles. The molecule has 1 aliphatic heterocycles. The minimum Gasteiger partial charge on any atom is -0.381 e. The highest BCUT2D eigenvalue weighted by atomic mass is 32.2. The summed E-state index contributed by atoms with van der Waals surface area (Å²) in [6, 6.07) is 10.2. The van der Waals surface area contributed by atoms with Crippen LogP contribution in [0.3, 0.4) is 0 Å². The predicted molar refractivity (Wildman–Crippen MR) is 107 cm³/mol. The number of carbonyl (C=O) groups excluding carboxylic acids is 1. The van der Waals surface area contributed by atoms with Gasteiger partial charge in [-0.25, -0.2) is 12.8 Å². The number of halogens is 1. The van der Waals surface area contributed by atoms with E-state index in [0.717, 1.165) is 6.42 Å². The van der Waals surface area contributed by atoms with Crippen molar-refractivity contribution in [2.45, 2.75) is 18.2 Å². The smallest absolute Gasteiger partial charge is 0.255 e. The van der Waals surface area contributed by atoms with Gasteiger partial charge < -0.3 is 10.1 Å². The number of benzene rings is 2. The summed E-state index contributed by atoms with van der Waals surface area (Å²) in [4.78, 5) is 12.5. The van der Waals surface area contributed by atoms with Gasteiger partial charge in [-0.2, -0.15) is 13.5 Å². The van der Waals surface area contributed by atoms with Crippen LogP contribution < -0.4 is 5.32 Å². The van der Waals surface area contributed by atoms with Crippen molar-refractivity contribution in [2.24, 2.45) is 5.92 Å². The summed E-state index contributed by atoms with van der Waals surface area (Å²) in [5.74, 6) is -0.807. The Kier molecular flexibility index (Phi) is 7.02. The standard InChI is InChI=1S/C19H20FNO4S.H2S/c1-13-9-16(5-6-18(13)20)21-19(22)15-3-2-4-17(10-15)26(23,24)12-14-7-8-25-11-14;/h2-6,9-10,14H,7-8,11-12H2,1H3,(H,21,22);1H2/t14-;/m0./s1. The van der Waals surface area contributed by atoms with Gasteiger partial charge in [-0.15, -0.1) is 0 Å². The van der Waals surface area contributed by atoms with Crippen LogP contribution in [0.1, 0.15) is 22.3 Å². The van der Waals surface area contributed by atoms with E-state index in [1.165, 1.54) is 30.3 Å². The molecular formula is C19H22FNO4S2. The van der Waals surface area contributed by atoms with E-state index < -0.39 is 15.7 Å². The second-order valence-electron chi connectivity index (χ2n) is 6.46. The third-order valence-electron chi connectivity index (χ3n) is 4.35. The van der Waals surface area contributed by atoms with Crippen molar-refractivity contribution in [2.75, 3.05) is 24.3 Å². The Morgan fingerprint density at radius 1 is 1.26 bits per heavy atom. The number of carbonyl (C=O) groups is 1. The lowest BCUT2D eigenvalue weighted by atomic mass is 10.2. The van der Waals surface area contributed by atoms with Crippen molar-refractivity contribution in [1.29, 1.82) is 0 Å². The summed E-state index contributed by atoms with van der Waals surface area (Å²) in [7, 11) is -3.49. The average Bonchev–Trinajstić information content (AvgIpc) is 3.10. The Labute approximate surface area is 165 Å². The Balaban J connectivity index is 0.00000261. The second kappa shape index (κ2) is 8.86. The van der Waals surface area contributed by atoms with Crippen LogP contribution in [0, 0.1) is 18.7 Å². The Bertz CT molecular complexity index is 925. The molecule has 1 N–H and O–H groups in total. The van der Waals surface area contributed by atoms with Gasteiger partial charge in [0.25, 0.3) is 5.91 Å². The summed E-state index contributed by atoms with van der Waals surface area (Å²) < 4.78 is 43.7. The summed E-state index contributed by atoms with van der Waals surface area (Å²) in [5, 5.41) is 2.66. The maximum atomic E-state index is 13.3. The largest absolute Gasteiger partial charge is 0.381 e. The van der Waals surface area contributed by atoms with Crippen LogP contribution in [-0.4, -0.2) is 33.3 Å². The van der Waals surface area contributed by atoms with Crippen molar-refractivity contribution >= 4 is 34.9 Å². The van der Waals surface area contributed by atoms with E-state index in [1.807, 2.05) is 0 Å². The quantitative estimate of drug-likeness (QED) is 0.819. The molecule has 2 aromatic rings. The monoisotopic (exact) mass is 411 g/mol. The van der Waals surface area contributed by atoms with Crippen LogP contribution in [0.15, 0.2) is 47.4 Å². The molecule has 0 spiro atoms. The van der Waals surface area contributed by atoms with E-state index in [1.54, 1.807) is 19.1 Å². The second-order valence-corrected chi connectivity index (χ2v) is 8.49. The van der Waals surface area contributed by atoms with Crippen molar-refractivity contribution in [3.05, 3.63) is 59.4 Å². The summed E-state index contributed by atoms with van der Waals surface area (Å²) in [6.07, 6.45) is 0.726. The van der Waals surface area contributed by atoms with Crippen molar-refractivity contribution in [3.8, 4) is 0 Å². The molecule has 1 heterocycles. The highest BCUT2D eigenvalue weighted by molar-refractivity contribution is 7.91. The molecule has 0 bridgehead atoms. The molecule has 0 saturated carbocycles. The zero-order chi connectivity index (χ0) is 18.7. The molecule has 1 atom stereocenters. The van der Waals surface area contributed by atoms with Crippen molar-refractivity contribution < 1.29 is 22.3 Å². The van der Waals surface area contributed by atoms with E-state index in [4.69, 9.17) is 4.74 Å². The van der Waals surface area contributed by atoms with Crippen LogP contribution >= 0.6 is 13.5 Å². The molecule has 0 aromatic heterocycles. The number of hydrogen-bond acceptors (Lipinski definition) is 4. The zero-order valence-corrected chi connectivity index (χ0v) is 16.7. The lowest BCUT2D eigenvalue weighted by Gasteiger charge is -2.11. The fourth-order valence-corrected chi connectivity index (χ4v) is 4.55. The van der Waals surface area contributed by atoms with Crippen molar-refractivity contribution in [3.63, 3.8) is 0 Å². The van der Waals surface area contributed by atoms with Gasteiger partial charge in [0.15, 0.2) is 9.84 Å². The Hall–Kier alpha value is -1.90. The SMILES string of the molecule is Cc1cc(NC(=O)c2cccc(S(=O)(=O)C[C@H]3CCOC3)c2)ccc1F.S. The van der Waals surface area contributed by atoms with Crippen LogP contribution in [0.2, 0.25) is 0 Å². The summed E-state index contributed by atoms with van der Waals surface area (Å²) in [6.45, 7) is 2.63. The number of ether oxygens (including phenoxy) is 1. The molecule has 27 heavy (non-hydrogen) atoms. The van der Waals surface area contributed by atoms with Gasteiger partial charge in [-0.1, -0.05) is 6.07 Å². The molecule has 0 radical (unpaired) electrons. The number of sulfone groups is 1. The molecule has 146 valence electrons. The molecule has 1 amide bonds. The van der Waals surface area contributed by atoms with Crippen LogP contribution in [0.25, 0.3) is 0 Å². The maximum absolute atomic E-state index is 13.3. The number of aryl methyl sites for hydroxylation is 1. The number of amides is 1. The van der Waals surface area contributed by atoms with Gasteiger partial charge in [0.2, 0.25) is 0 Å². The molecule has 1 saturated heterocycles. The van der Waals surface area contributed by atoms with E-state index in [9.17, 15) is 17.6 Å². The predicted octanol–water partition coefficient (Wildman–Crippen LogP) is 3.31. The molecule has 1 fully saturated rings. The topological polar surface area (TPSA) is 72.5 Å². The summed E-state index contributed by atoms with van der Waals surface area (Å²) >= 11 is 0. The molecular weight excluding hydrogens is 389 g/mol. The van der Waals surface area contributed by atoms with E-state index >= 15 is 0 Å². The third-order valence-corrected chi connectivity index (χ3v) is 6.23. The van der Waals surface area contributed by atoms with Crippen molar-refractivity contribution in [1.82, 2.24) is 0 Å². The van der Waals surface area contributed by atoms with E-state index in [-0.39, 0.29) is 41.4 Å². The van der Waals surface area contributed by atoms with Gasteiger partial charge in [-0.05, 0) is 61.2 Å². The van der Waals surface area contributed by atoms with Gasteiger partial charge >= 0.3 is 0 Å². The first-order chi connectivity index (χ1) is 12.3. The minimum absolute atomic E-state index is 0. The highest BCUT2D eigenvalue weighted by Gasteiger charge is 2.25. The summed E-state index contributed by atoms with van der Waals surface area (Å²) in [5.41, 5.74) is 1.10. The van der Waals surface area contributed by atoms with E-state index in [0.29, 0.717) is 24.5 Å². The van der Waals surface area contributed by atoms with Gasteiger partial charge in [0.05, 0.1) is 17.3 Å². The lowest BCUT2D eigenvalue weighted by Crippen LogP contribution is -2.18. The maximum Gasteiger partial charge on any atom is 0.255 e. The van der Waals surface area contributed by atoms with Gasteiger partial charge in [-0.3, -0.25) is 4.79 Å². The van der Waals surface area contributed by atoms with Crippen LogP contribution in [0.5, 0.6) is 0 Å². The number of nitrogens with one attached hydrogen (secondary N) is 1. The van der Waals surface area contributed by atoms with Gasteiger partial charge in [0.1, 0.15) is 5.82 Å². The molecule has 0 aliphatic carbocycles. The van der Waals surface area contributed by atoms with E-state index in [2.05, 4.69) is 5.32 Å². The van der Waals surface area contributed by atoms with Crippen LogP contribution in [0.4, 0.5) is 10.1 Å². The zero-order valence-electron chi connectivity index (χ0n) is 14.9. The first-order valence-electron chi connectivity index (χ1n) is 8.33. The Morgan fingerprint density at radius 3 is 2.70 bits per heavy atom. The fourth-order valence-electron chi connectivity index (χ4n) is 2.88. The fraction of sp³-hybridized carbons (Fsp3) is 0.316. The molecule has 0 unspecified atom stereocenters. The molecule has 5 nitrogen and oxygen atoms in total. The number of anilines is 1. The number of hydrogen-bond donors (Lipinski definition) is 1. The minimum atomic E-state index is -3.49. The Morgan fingerprint density at radius 2 is 2.04 bits per heavy atom. The molecule has 3 rings (SSSR count). The van der Waals surface area contributed by atoms with Gasteiger partial charge in [0, 0.05) is 17.9 Å². The lowest BCUT2D eigenvalue weighted by molar-refractivity contribution is 0.102. The highest BCUT2D eigenvalue weighted by Crippen LogP contribution is 2.21. The molecule has 1 aliphatic rings. The number of rotatable bonds is 5. The first kappa shape index (κ1) is 21.4.